The van der Waals surface area contributed by atoms with Crippen LogP contribution in [0, 0.1) is 0 Å². The van der Waals surface area contributed by atoms with E-state index in [4.69, 9.17) is 5.73 Å². The standard InChI is InChI=1S/C8H11N3S2/c1-13-7-5-3-2-4-6(7)10-11-8(9)12/h2-5,10H,1H3,(H3,9,11,12). The Balaban J connectivity index is 2.69. The normalized spacial score (nSPS) is 9.31. The van der Waals surface area contributed by atoms with Gasteiger partial charge in [0, 0.05) is 4.90 Å². The number of rotatable bonds is 3. The van der Waals surface area contributed by atoms with Gasteiger partial charge in [-0.15, -0.1) is 11.8 Å². The van der Waals surface area contributed by atoms with Crippen molar-refractivity contribution in [1.82, 2.24) is 5.43 Å². The molecule has 0 radical (unpaired) electrons. The summed E-state index contributed by atoms with van der Waals surface area (Å²) in [5.41, 5.74) is 11.9. The maximum Gasteiger partial charge on any atom is 0.182 e. The first-order valence-corrected chi connectivity index (χ1v) is 5.32. The highest BCUT2D eigenvalue weighted by Crippen LogP contribution is 2.23. The summed E-state index contributed by atoms with van der Waals surface area (Å²) in [5, 5.41) is 0.232. The van der Waals surface area contributed by atoms with Crippen molar-refractivity contribution in [2.45, 2.75) is 4.90 Å². The fourth-order valence-electron chi connectivity index (χ4n) is 0.877. The van der Waals surface area contributed by atoms with Crippen molar-refractivity contribution in [1.29, 1.82) is 0 Å². The van der Waals surface area contributed by atoms with E-state index in [-0.39, 0.29) is 5.11 Å². The Labute approximate surface area is 87.1 Å². The Morgan fingerprint density at radius 1 is 1.46 bits per heavy atom. The quantitative estimate of drug-likeness (QED) is 0.404. The van der Waals surface area contributed by atoms with Gasteiger partial charge in [0.25, 0.3) is 0 Å². The summed E-state index contributed by atoms with van der Waals surface area (Å²) >= 11 is 6.33. The Bertz CT molecular complexity index is 301. The van der Waals surface area contributed by atoms with Crippen LogP contribution < -0.4 is 16.6 Å². The predicted molar refractivity (Wildman–Crippen MR) is 61.8 cm³/mol. The van der Waals surface area contributed by atoms with Gasteiger partial charge >= 0.3 is 0 Å². The lowest BCUT2D eigenvalue weighted by molar-refractivity contribution is 1.11. The molecule has 0 spiro atoms. The van der Waals surface area contributed by atoms with E-state index in [9.17, 15) is 0 Å². The number of thiocarbonyl (C=S) groups is 1. The van der Waals surface area contributed by atoms with Gasteiger partial charge in [0.1, 0.15) is 0 Å². The minimum absolute atomic E-state index is 0.232. The molecule has 0 fully saturated rings. The van der Waals surface area contributed by atoms with Crippen LogP contribution in [-0.4, -0.2) is 11.4 Å². The van der Waals surface area contributed by atoms with Crippen LogP contribution in [0.25, 0.3) is 0 Å². The second-order valence-corrected chi connectivity index (χ2v) is 3.60. The zero-order valence-electron chi connectivity index (χ0n) is 7.20. The summed E-state index contributed by atoms with van der Waals surface area (Å²) in [7, 11) is 0. The summed E-state index contributed by atoms with van der Waals surface area (Å²) in [4.78, 5) is 1.14. The molecule has 0 aromatic heterocycles. The molecule has 0 aliphatic rings. The molecule has 0 amide bonds. The van der Waals surface area contributed by atoms with Crippen LogP contribution in [-0.2, 0) is 0 Å². The lowest BCUT2D eigenvalue weighted by Crippen LogP contribution is -2.34. The first-order valence-electron chi connectivity index (χ1n) is 3.68. The molecule has 3 nitrogen and oxygen atoms in total. The summed E-state index contributed by atoms with van der Waals surface area (Å²) in [5.74, 6) is 0. The van der Waals surface area contributed by atoms with Crippen molar-refractivity contribution in [3.05, 3.63) is 24.3 Å². The second kappa shape index (κ2) is 4.94. The van der Waals surface area contributed by atoms with Gasteiger partial charge in [-0.1, -0.05) is 12.1 Å². The number of anilines is 1. The van der Waals surface area contributed by atoms with Crippen molar-refractivity contribution in [2.24, 2.45) is 5.73 Å². The minimum Gasteiger partial charge on any atom is -0.375 e. The molecule has 0 saturated heterocycles. The highest BCUT2D eigenvalue weighted by molar-refractivity contribution is 7.98. The number of nitrogens with one attached hydrogen (secondary N) is 2. The van der Waals surface area contributed by atoms with E-state index in [0.29, 0.717) is 0 Å². The number of hydrogen-bond donors (Lipinski definition) is 3. The fourth-order valence-corrected chi connectivity index (χ4v) is 1.48. The van der Waals surface area contributed by atoms with Gasteiger partial charge in [-0.25, -0.2) is 0 Å². The van der Waals surface area contributed by atoms with E-state index >= 15 is 0 Å². The fraction of sp³-hybridized carbons (Fsp3) is 0.125. The predicted octanol–water partition coefficient (Wildman–Crippen LogP) is 1.57. The first kappa shape index (κ1) is 10.1. The molecule has 4 N–H and O–H groups in total. The van der Waals surface area contributed by atoms with Crippen LogP contribution in [0.3, 0.4) is 0 Å². The van der Waals surface area contributed by atoms with Gasteiger partial charge in [0.15, 0.2) is 5.11 Å². The van der Waals surface area contributed by atoms with Crippen molar-refractivity contribution in [2.75, 3.05) is 11.7 Å². The molecule has 1 aromatic rings. The SMILES string of the molecule is CSc1ccccc1NNC(N)=S. The Hall–Kier alpha value is -0.940. The number of hydrazine groups is 1. The Kier molecular flexibility index (Phi) is 3.85. The Morgan fingerprint density at radius 2 is 2.15 bits per heavy atom. The van der Waals surface area contributed by atoms with E-state index in [0.717, 1.165) is 10.6 Å². The number of thioether (sulfide) groups is 1. The van der Waals surface area contributed by atoms with Gasteiger partial charge in [-0.2, -0.15) is 0 Å². The molecule has 0 bridgehead atoms. The largest absolute Gasteiger partial charge is 0.375 e. The maximum atomic E-state index is 5.28. The van der Waals surface area contributed by atoms with Crippen LogP contribution in [0.1, 0.15) is 0 Å². The molecule has 1 aromatic carbocycles. The van der Waals surface area contributed by atoms with Crippen LogP contribution in [0.2, 0.25) is 0 Å². The van der Waals surface area contributed by atoms with Crippen LogP contribution in [0.5, 0.6) is 0 Å². The second-order valence-electron chi connectivity index (χ2n) is 2.31. The molecule has 5 heteroatoms. The summed E-state index contributed by atoms with van der Waals surface area (Å²) in [6, 6.07) is 7.91. The molecule has 13 heavy (non-hydrogen) atoms. The number of nitrogens with two attached hydrogens (primary N) is 1. The number of hydrogen-bond acceptors (Lipinski definition) is 3. The minimum atomic E-state index is 0.232. The van der Waals surface area contributed by atoms with Gasteiger partial charge in [0.2, 0.25) is 0 Å². The van der Waals surface area contributed by atoms with Crippen molar-refractivity contribution in [3.63, 3.8) is 0 Å². The molecule has 0 heterocycles. The molecular weight excluding hydrogens is 202 g/mol. The Morgan fingerprint density at radius 3 is 2.77 bits per heavy atom. The lowest BCUT2D eigenvalue weighted by atomic mass is 10.3. The van der Waals surface area contributed by atoms with E-state index in [1.165, 1.54) is 0 Å². The molecule has 70 valence electrons. The monoisotopic (exact) mass is 213 g/mol. The van der Waals surface area contributed by atoms with Crippen LogP contribution in [0.4, 0.5) is 5.69 Å². The average molecular weight is 213 g/mol. The number of para-hydroxylation sites is 1. The molecule has 0 unspecified atom stereocenters. The smallest absolute Gasteiger partial charge is 0.182 e. The maximum absolute atomic E-state index is 5.28. The number of benzene rings is 1. The summed E-state index contributed by atoms with van der Waals surface area (Å²) in [6.45, 7) is 0. The first-order chi connectivity index (χ1) is 6.24. The zero-order chi connectivity index (χ0) is 9.68. The molecular formula is C8H11N3S2. The third kappa shape index (κ3) is 3.12. The van der Waals surface area contributed by atoms with Gasteiger partial charge in [-0.05, 0) is 30.6 Å². The van der Waals surface area contributed by atoms with E-state index in [1.54, 1.807) is 11.8 Å². The summed E-state index contributed by atoms with van der Waals surface area (Å²) < 4.78 is 0. The van der Waals surface area contributed by atoms with E-state index in [2.05, 4.69) is 23.1 Å². The highest BCUT2D eigenvalue weighted by atomic mass is 32.2. The van der Waals surface area contributed by atoms with Crippen molar-refractivity contribution >= 4 is 34.8 Å². The van der Waals surface area contributed by atoms with Crippen molar-refractivity contribution < 1.29 is 0 Å². The van der Waals surface area contributed by atoms with Gasteiger partial charge in [-0.3, -0.25) is 10.9 Å². The average Bonchev–Trinajstić information content (AvgIpc) is 2.15. The highest BCUT2D eigenvalue weighted by Gasteiger charge is 1.97. The van der Waals surface area contributed by atoms with Crippen LogP contribution >= 0.6 is 24.0 Å². The molecule has 0 aliphatic heterocycles. The lowest BCUT2D eigenvalue weighted by Gasteiger charge is -2.10. The van der Waals surface area contributed by atoms with Gasteiger partial charge < -0.3 is 5.73 Å². The molecule has 1 rings (SSSR count). The molecule has 0 saturated carbocycles. The van der Waals surface area contributed by atoms with E-state index < -0.39 is 0 Å². The van der Waals surface area contributed by atoms with E-state index in [1.807, 2.05) is 30.5 Å². The third-order valence-corrected chi connectivity index (χ3v) is 2.33. The summed E-state index contributed by atoms with van der Waals surface area (Å²) in [6.07, 6.45) is 2.02. The van der Waals surface area contributed by atoms with Gasteiger partial charge in [0.05, 0.1) is 5.69 Å². The molecule has 0 atom stereocenters. The third-order valence-electron chi connectivity index (χ3n) is 1.43. The molecule has 0 aliphatic carbocycles. The van der Waals surface area contributed by atoms with Crippen molar-refractivity contribution in [3.8, 4) is 0 Å². The van der Waals surface area contributed by atoms with Crippen LogP contribution in [0.15, 0.2) is 29.2 Å². The topological polar surface area (TPSA) is 50.1 Å². The zero-order valence-corrected chi connectivity index (χ0v) is 8.84.